The molecule has 8 heteroatoms. The Labute approximate surface area is 204 Å². The van der Waals surface area contributed by atoms with E-state index < -0.39 is 23.9 Å². The van der Waals surface area contributed by atoms with E-state index in [4.69, 9.17) is 18.9 Å². The Morgan fingerprint density at radius 2 is 0.886 bits per heavy atom. The third-order valence-electron chi connectivity index (χ3n) is 4.58. The van der Waals surface area contributed by atoms with Gasteiger partial charge in [0, 0.05) is 11.1 Å². The van der Waals surface area contributed by atoms with Gasteiger partial charge in [-0.25, -0.2) is 19.2 Å². The molecule has 0 fully saturated rings. The molecule has 35 heavy (non-hydrogen) atoms. The highest BCUT2D eigenvalue weighted by Gasteiger charge is 2.10. The second kappa shape index (κ2) is 13.5. The van der Waals surface area contributed by atoms with E-state index in [1.807, 2.05) is 24.3 Å². The zero-order valence-corrected chi connectivity index (χ0v) is 19.8. The summed E-state index contributed by atoms with van der Waals surface area (Å²) < 4.78 is 19.9. The highest BCUT2D eigenvalue weighted by molar-refractivity contribution is 5.90. The molecule has 0 bridgehead atoms. The van der Waals surface area contributed by atoms with Crippen LogP contribution >= 0.6 is 0 Å². The summed E-state index contributed by atoms with van der Waals surface area (Å²) in [4.78, 5) is 46.8. The Morgan fingerprint density at radius 1 is 0.571 bits per heavy atom. The van der Waals surface area contributed by atoms with Crippen molar-refractivity contribution in [3.8, 4) is 0 Å². The standard InChI is InChI=1S/C27H28O8/c1-18(2)24(28)32-13-15-34-26(30)22-9-5-20(6-10-22)17-21-7-11-23(12-8-21)27(31)35-16-14-33-25(29)19(3)4/h5-12H,1,3,13-17H2,2,4H3. The first-order chi connectivity index (χ1) is 16.7. The van der Waals surface area contributed by atoms with E-state index in [1.54, 1.807) is 24.3 Å². The van der Waals surface area contributed by atoms with Crippen molar-refractivity contribution in [2.75, 3.05) is 26.4 Å². The molecule has 0 aromatic heterocycles. The Morgan fingerprint density at radius 3 is 1.20 bits per heavy atom. The van der Waals surface area contributed by atoms with Crippen LogP contribution in [0.2, 0.25) is 0 Å². The maximum atomic E-state index is 12.1. The summed E-state index contributed by atoms with van der Waals surface area (Å²) in [6.07, 6.45) is 0.596. The lowest BCUT2D eigenvalue weighted by atomic mass is 10.0. The van der Waals surface area contributed by atoms with Crippen molar-refractivity contribution < 1.29 is 38.1 Å². The van der Waals surface area contributed by atoms with Gasteiger partial charge >= 0.3 is 23.9 Å². The predicted molar refractivity (Wildman–Crippen MR) is 128 cm³/mol. The van der Waals surface area contributed by atoms with Gasteiger partial charge < -0.3 is 18.9 Å². The van der Waals surface area contributed by atoms with Gasteiger partial charge in [0.2, 0.25) is 0 Å². The van der Waals surface area contributed by atoms with Gasteiger partial charge in [0.05, 0.1) is 11.1 Å². The first-order valence-corrected chi connectivity index (χ1v) is 10.8. The molecule has 184 valence electrons. The summed E-state index contributed by atoms with van der Waals surface area (Å²) >= 11 is 0. The van der Waals surface area contributed by atoms with Crippen LogP contribution in [0.4, 0.5) is 0 Å². The molecule has 2 rings (SSSR count). The average Bonchev–Trinajstić information content (AvgIpc) is 2.84. The van der Waals surface area contributed by atoms with Gasteiger partial charge in [-0.15, -0.1) is 0 Å². The lowest BCUT2D eigenvalue weighted by Crippen LogP contribution is -2.14. The minimum atomic E-state index is -0.531. The zero-order chi connectivity index (χ0) is 25.8. The number of esters is 4. The zero-order valence-electron chi connectivity index (χ0n) is 19.8. The molecular formula is C27H28O8. The quantitative estimate of drug-likeness (QED) is 0.195. The minimum absolute atomic E-state index is 0.0402. The number of benzene rings is 2. The van der Waals surface area contributed by atoms with Gasteiger partial charge in [-0.05, 0) is 55.7 Å². The molecule has 0 aliphatic rings. The number of rotatable bonds is 12. The molecule has 0 amide bonds. The van der Waals surface area contributed by atoms with Crippen LogP contribution in [0.1, 0.15) is 45.7 Å². The van der Waals surface area contributed by atoms with Crippen LogP contribution < -0.4 is 0 Å². The van der Waals surface area contributed by atoms with E-state index >= 15 is 0 Å². The van der Waals surface area contributed by atoms with Crippen molar-refractivity contribution in [3.63, 3.8) is 0 Å². The van der Waals surface area contributed by atoms with Gasteiger partial charge in [0.15, 0.2) is 0 Å². The summed E-state index contributed by atoms with van der Waals surface area (Å²) in [6, 6.07) is 13.9. The molecule has 2 aromatic carbocycles. The van der Waals surface area contributed by atoms with Crippen molar-refractivity contribution in [1.29, 1.82) is 0 Å². The summed E-state index contributed by atoms with van der Waals surface area (Å²) in [5.41, 5.74) is 3.25. The smallest absolute Gasteiger partial charge is 0.338 e. The topological polar surface area (TPSA) is 105 Å². The highest BCUT2D eigenvalue weighted by atomic mass is 16.6. The van der Waals surface area contributed by atoms with Crippen LogP contribution in [0.15, 0.2) is 72.8 Å². The van der Waals surface area contributed by atoms with E-state index in [0.29, 0.717) is 17.5 Å². The van der Waals surface area contributed by atoms with Crippen LogP contribution in [-0.2, 0) is 35.0 Å². The number of hydrogen-bond acceptors (Lipinski definition) is 8. The summed E-state index contributed by atoms with van der Waals surface area (Å²) in [7, 11) is 0. The molecule has 0 heterocycles. The molecule has 0 saturated carbocycles. The number of ether oxygens (including phenoxy) is 4. The molecule has 0 aliphatic heterocycles. The van der Waals surface area contributed by atoms with Crippen LogP contribution in [0.5, 0.6) is 0 Å². The fourth-order valence-electron chi connectivity index (χ4n) is 2.70. The van der Waals surface area contributed by atoms with Crippen LogP contribution in [0.25, 0.3) is 0 Å². The summed E-state index contributed by atoms with van der Waals surface area (Å²) in [5, 5.41) is 0. The van der Waals surface area contributed by atoms with E-state index in [1.165, 1.54) is 13.8 Å². The number of hydrogen-bond donors (Lipinski definition) is 0. The lowest BCUT2D eigenvalue weighted by Gasteiger charge is -2.08. The predicted octanol–water partition coefficient (Wildman–Crippen LogP) is 3.83. The Hall–Kier alpha value is -4.20. The maximum Gasteiger partial charge on any atom is 0.338 e. The van der Waals surface area contributed by atoms with Crippen molar-refractivity contribution >= 4 is 23.9 Å². The maximum absolute atomic E-state index is 12.1. The Balaban J connectivity index is 1.78. The van der Waals surface area contributed by atoms with Crippen LogP contribution in [-0.4, -0.2) is 50.3 Å². The minimum Gasteiger partial charge on any atom is -0.459 e. The summed E-state index contributed by atoms with van der Waals surface area (Å²) in [6.45, 7) is 9.84. The molecule has 2 aromatic rings. The molecule has 0 radical (unpaired) electrons. The van der Waals surface area contributed by atoms with Crippen molar-refractivity contribution in [3.05, 3.63) is 95.1 Å². The van der Waals surface area contributed by atoms with E-state index in [0.717, 1.165) is 11.1 Å². The highest BCUT2D eigenvalue weighted by Crippen LogP contribution is 2.13. The van der Waals surface area contributed by atoms with E-state index in [9.17, 15) is 19.2 Å². The van der Waals surface area contributed by atoms with E-state index in [-0.39, 0.29) is 37.6 Å². The molecular weight excluding hydrogens is 452 g/mol. The van der Waals surface area contributed by atoms with E-state index in [2.05, 4.69) is 13.2 Å². The van der Waals surface area contributed by atoms with Crippen molar-refractivity contribution in [2.45, 2.75) is 20.3 Å². The fraction of sp³-hybridized carbons (Fsp3) is 0.259. The van der Waals surface area contributed by atoms with Crippen molar-refractivity contribution in [1.82, 2.24) is 0 Å². The fourth-order valence-corrected chi connectivity index (χ4v) is 2.70. The molecule has 0 atom stereocenters. The SMILES string of the molecule is C=C(C)C(=O)OCCOC(=O)c1ccc(Cc2ccc(C(=O)OCCOC(=O)C(=C)C)cc2)cc1. The largest absolute Gasteiger partial charge is 0.459 e. The monoisotopic (exact) mass is 480 g/mol. The normalized spacial score (nSPS) is 10.1. The molecule has 0 aliphatic carbocycles. The molecule has 0 saturated heterocycles. The number of carbonyl (C=O) groups excluding carboxylic acids is 4. The molecule has 8 nitrogen and oxygen atoms in total. The summed E-state index contributed by atoms with van der Waals surface area (Å²) in [5.74, 6) is -2.09. The van der Waals surface area contributed by atoms with Gasteiger partial charge in [-0.2, -0.15) is 0 Å². The average molecular weight is 481 g/mol. The molecule has 0 spiro atoms. The van der Waals surface area contributed by atoms with Gasteiger partial charge in [0.1, 0.15) is 26.4 Å². The van der Waals surface area contributed by atoms with Crippen LogP contribution in [0.3, 0.4) is 0 Å². The number of carbonyl (C=O) groups is 4. The first kappa shape index (κ1) is 27.0. The molecule has 0 N–H and O–H groups in total. The van der Waals surface area contributed by atoms with Crippen LogP contribution in [0, 0.1) is 0 Å². The third-order valence-corrected chi connectivity index (χ3v) is 4.58. The third kappa shape index (κ3) is 9.29. The Kier molecular flexibility index (Phi) is 10.4. The lowest BCUT2D eigenvalue weighted by molar-refractivity contribution is -0.140. The van der Waals surface area contributed by atoms with Gasteiger partial charge in [-0.1, -0.05) is 37.4 Å². The molecule has 0 unspecified atom stereocenters. The van der Waals surface area contributed by atoms with Crippen molar-refractivity contribution in [2.24, 2.45) is 0 Å². The van der Waals surface area contributed by atoms with Gasteiger partial charge in [-0.3, -0.25) is 0 Å². The first-order valence-electron chi connectivity index (χ1n) is 10.8. The second-order valence-electron chi connectivity index (χ2n) is 7.67. The van der Waals surface area contributed by atoms with Gasteiger partial charge in [0.25, 0.3) is 0 Å². The second-order valence-corrected chi connectivity index (χ2v) is 7.67. The Bertz CT molecular complexity index is 994.